The third-order valence-electron chi connectivity index (χ3n) is 1.92. The van der Waals surface area contributed by atoms with Crippen molar-refractivity contribution in [1.29, 1.82) is 0 Å². The maximum atomic E-state index is 2.16. The fourth-order valence-electron chi connectivity index (χ4n) is 1.10. The topological polar surface area (TPSA) is 0 Å². The van der Waals surface area contributed by atoms with Gasteiger partial charge in [0, 0.05) is 0 Å². The van der Waals surface area contributed by atoms with Gasteiger partial charge in [-0.2, -0.15) is 0 Å². The van der Waals surface area contributed by atoms with Crippen LogP contribution in [-0.4, -0.2) is 0 Å². The molecule has 0 spiro atoms. The maximum Gasteiger partial charge on any atom is -0.0307 e. The molecule has 0 amide bonds. The van der Waals surface area contributed by atoms with Crippen molar-refractivity contribution in [3.63, 3.8) is 0 Å². The van der Waals surface area contributed by atoms with Crippen molar-refractivity contribution in [2.45, 2.75) is 68.7 Å². The molecule has 0 aliphatic rings. The molecule has 0 bridgehead atoms. The summed E-state index contributed by atoms with van der Waals surface area (Å²) in [5.74, 6) is 0. The monoisotopic (exact) mass is 304 g/mol. The third-order valence-corrected chi connectivity index (χ3v) is 1.92. The number of benzene rings is 2. The van der Waals surface area contributed by atoms with Gasteiger partial charge < -0.3 is 0 Å². The Kier molecular flexibility index (Phi) is 47.5. The van der Waals surface area contributed by atoms with Crippen LogP contribution < -0.4 is 0 Å². The van der Waals surface area contributed by atoms with Gasteiger partial charge in [0.2, 0.25) is 0 Å². The number of hydrogen-bond acceptors (Lipinski definition) is 0. The highest BCUT2D eigenvalue weighted by Gasteiger charge is 1.79. The second kappa shape index (κ2) is 36.6. The molecule has 0 aliphatic heterocycles. The molecule has 2 aromatic carbocycles. The van der Waals surface area contributed by atoms with Gasteiger partial charge >= 0.3 is 0 Å². The van der Waals surface area contributed by atoms with Gasteiger partial charge in [0.1, 0.15) is 0 Å². The average Bonchev–Trinajstić information content (AvgIpc) is 2.70. The van der Waals surface area contributed by atoms with Crippen LogP contribution in [0, 0.1) is 0 Å². The lowest BCUT2D eigenvalue weighted by Crippen LogP contribution is -1.73. The zero-order valence-corrected chi connectivity index (χ0v) is 16.6. The summed E-state index contributed by atoms with van der Waals surface area (Å²) in [6, 6.07) is 22.5. The molecule has 128 valence electrons. The molecule has 0 aliphatic carbocycles. The molecule has 2 aromatic rings. The van der Waals surface area contributed by atoms with Gasteiger partial charge in [-0.3, -0.25) is 0 Å². The van der Waals surface area contributed by atoms with Crippen molar-refractivity contribution in [2.24, 2.45) is 0 Å². The average molecular weight is 305 g/mol. The summed E-state index contributed by atoms with van der Waals surface area (Å²) in [6.07, 6.45) is 1.14. The summed E-state index contributed by atoms with van der Waals surface area (Å²) in [7, 11) is 0. The summed E-state index contributed by atoms with van der Waals surface area (Å²) in [6.45, 7) is 18.2. The van der Waals surface area contributed by atoms with Gasteiger partial charge in [0.15, 0.2) is 0 Å². The first-order valence-corrected chi connectivity index (χ1v) is 8.97. The Hall–Kier alpha value is -1.56. The molecule has 2 rings (SSSR count). The summed E-state index contributed by atoms with van der Waals surface area (Å²) in [5, 5.41) is 0. The van der Waals surface area contributed by atoms with Crippen LogP contribution in [0.15, 0.2) is 66.7 Å². The molecular formula is C22H40. The third kappa shape index (κ3) is 26.9. The quantitative estimate of drug-likeness (QED) is 0.500. The molecule has 0 saturated carbocycles. The highest BCUT2D eigenvalue weighted by molar-refractivity contribution is 5.13. The Bertz CT molecular complexity index is 284. The molecule has 0 heterocycles. The number of aryl methyl sites for hydroxylation is 1. The van der Waals surface area contributed by atoms with E-state index in [1.54, 1.807) is 0 Å². The van der Waals surface area contributed by atoms with E-state index in [0.717, 1.165) is 6.42 Å². The van der Waals surface area contributed by atoms with Crippen molar-refractivity contribution in [1.82, 2.24) is 0 Å². The van der Waals surface area contributed by atoms with Crippen molar-refractivity contribution < 1.29 is 0 Å². The van der Waals surface area contributed by atoms with Gasteiger partial charge in [-0.15, -0.1) is 0 Å². The van der Waals surface area contributed by atoms with Crippen LogP contribution in [0.3, 0.4) is 0 Å². The van der Waals surface area contributed by atoms with E-state index in [2.05, 4.69) is 31.2 Å². The normalized spacial score (nSPS) is 6.59. The Morgan fingerprint density at radius 1 is 0.455 bits per heavy atom. The molecule has 0 nitrogen and oxygen atoms in total. The van der Waals surface area contributed by atoms with Crippen LogP contribution in [0.1, 0.15) is 67.9 Å². The van der Waals surface area contributed by atoms with Gasteiger partial charge in [0.05, 0.1) is 0 Å². The molecule has 0 atom stereocenters. The Morgan fingerprint density at radius 2 is 0.682 bits per heavy atom. The van der Waals surface area contributed by atoms with Crippen LogP contribution >= 0.6 is 0 Å². The van der Waals surface area contributed by atoms with Crippen molar-refractivity contribution >= 4 is 0 Å². The van der Waals surface area contributed by atoms with E-state index in [1.165, 1.54) is 5.56 Å². The summed E-state index contributed by atoms with van der Waals surface area (Å²) in [5.41, 5.74) is 1.41. The van der Waals surface area contributed by atoms with E-state index in [4.69, 9.17) is 0 Å². The Balaban J connectivity index is -0.000000103. The van der Waals surface area contributed by atoms with E-state index in [0.29, 0.717) is 0 Å². The van der Waals surface area contributed by atoms with Gasteiger partial charge in [-0.1, -0.05) is 129 Å². The lowest BCUT2D eigenvalue weighted by molar-refractivity contribution is 1.14. The predicted octanol–water partition coefficient (Wildman–Crippen LogP) is 8.04. The molecule has 0 aromatic heterocycles. The highest BCUT2D eigenvalue weighted by atomic mass is 13.9. The molecule has 0 unspecified atom stereocenters. The summed E-state index contributed by atoms with van der Waals surface area (Å²) < 4.78 is 0. The summed E-state index contributed by atoms with van der Waals surface area (Å²) in [4.78, 5) is 0. The van der Waals surface area contributed by atoms with E-state index < -0.39 is 0 Å². The Labute approximate surface area is 141 Å². The lowest BCUT2D eigenvalue weighted by atomic mass is 10.2. The first-order valence-electron chi connectivity index (χ1n) is 8.97. The first kappa shape index (κ1) is 28.6. The molecule has 0 heteroatoms. The molecule has 22 heavy (non-hydrogen) atoms. The molecule has 0 N–H and O–H groups in total. The van der Waals surface area contributed by atoms with Gasteiger partial charge in [0.25, 0.3) is 0 Å². The fraction of sp³-hybridized carbons (Fsp3) is 0.455. The minimum atomic E-state index is 1.14. The van der Waals surface area contributed by atoms with E-state index in [1.807, 2.05) is 97.9 Å². The van der Waals surface area contributed by atoms with Crippen molar-refractivity contribution in [3.05, 3.63) is 72.3 Å². The SMILES string of the molecule is CC.CC.CC.CC.CCc1ccccc1.c1ccccc1. The van der Waals surface area contributed by atoms with Crippen molar-refractivity contribution in [2.75, 3.05) is 0 Å². The minimum Gasteiger partial charge on any atom is -0.0683 e. The van der Waals surface area contributed by atoms with Crippen LogP contribution in [0.25, 0.3) is 0 Å². The Morgan fingerprint density at radius 3 is 0.864 bits per heavy atom. The van der Waals surface area contributed by atoms with Gasteiger partial charge in [-0.25, -0.2) is 0 Å². The fourth-order valence-corrected chi connectivity index (χ4v) is 1.10. The van der Waals surface area contributed by atoms with E-state index in [9.17, 15) is 0 Å². The lowest BCUT2D eigenvalue weighted by Gasteiger charge is -1.89. The molecule has 0 fully saturated rings. The number of rotatable bonds is 1. The predicted molar refractivity (Wildman–Crippen MR) is 108 cm³/mol. The first-order chi connectivity index (χ1) is 10.9. The second-order valence-corrected chi connectivity index (χ2v) is 2.99. The zero-order chi connectivity index (χ0) is 18.1. The molecular weight excluding hydrogens is 264 g/mol. The summed E-state index contributed by atoms with van der Waals surface area (Å²) >= 11 is 0. The van der Waals surface area contributed by atoms with Crippen LogP contribution in [-0.2, 0) is 6.42 Å². The van der Waals surface area contributed by atoms with Crippen LogP contribution in [0.5, 0.6) is 0 Å². The molecule has 0 radical (unpaired) electrons. The number of hydrogen-bond donors (Lipinski definition) is 0. The smallest absolute Gasteiger partial charge is 0.0307 e. The van der Waals surface area contributed by atoms with Crippen molar-refractivity contribution in [3.8, 4) is 0 Å². The largest absolute Gasteiger partial charge is 0.0683 e. The standard InChI is InChI=1S/C8H10.C6H6.4C2H6/c1-2-8-6-4-3-5-7-8;1-2-4-6-5-3-1;4*1-2/h3-7H,2H2,1H3;1-6H;4*1-2H3. The molecule has 0 saturated heterocycles. The zero-order valence-electron chi connectivity index (χ0n) is 16.6. The minimum absolute atomic E-state index is 1.14. The van der Waals surface area contributed by atoms with E-state index >= 15 is 0 Å². The second-order valence-electron chi connectivity index (χ2n) is 2.99. The highest BCUT2D eigenvalue weighted by Crippen LogP contribution is 1.96. The van der Waals surface area contributed by atoms with Crippen LogP contribution in [0.4, 0.5) is 0 Å². The van der Waals surface area contributed by atoms with Gasteiger partial charge in [-0.05, 0) is 12.0 Å². The maximum absolute atomic E-state index is 2.16. The van der Waals surface area contributed by atoms with E-state index in [-0.39, 0.29) is 0 Å². The van der Waals surface area contributed by atoms with Crippen LogP contribution in [0.2, 0.25) is 0 Å².